The maximum Gasteiger partial charge on any atom is 0.165 e. The lowest BCUT2D eigenvalue weighted by Crippen LogP contribution is -2.49. The summed E-state index contributed by atoms with van der Waals surface area (Å²) in [7, 11) is 0. The fourth-order valence-corrected chi connectivity index (χ4v) is 6.90. The van der Waals surface area contributed by atoms with Crippen LogP contribution in [0.3, 0.4) is 0 Å². The Morgan fingerprint density at radius 2 is 1.67 bits per heavy atom. The second kappa shape index (κ2) is 9.11. The van der Waals surface area contributed by atoms with E-state index in [9.17, 15) is 9.59 Å². The largest absolute Gasteiger partial charge is 0.300 e. The second-order valence-electron chi connectivity index (χ2n) is 10.9. The summed E-state index contributed by atoms with van der Waals surface area (Å²) < 4.78 is 2.86. The molecule has 5 heteroatoms. The number of halogens is 1. The third kappa shape index (κ3) is 4.34. The maximum atomic E-state index is 13.5. The first-order valence-corrected chi connectivity index (χ1v) is 13.5. The zero-order valence-electron chi connectivity index (χ0n) is 20.4. The van der Waals surface area contributed by atoms with Crippen molar-refractivity contribution in [2.75, 3.05) is 0 Å². The molecule has 2 aliphatic rings. The van der Waals surface area contributed by atoms with Crippen LogP contribution in [0, 0.1) is 17.3 Å². The molecular formula is C31H29BrN2O2. The first-order chi connectivity index (χ1) is 17.4. The molecule has 36 heavy (non-hydrogen) atoms. The summed E-state index contributed by atoms with van der Waals surface area (Å²) >= 11 is 3.59. The summed E-state index contributed by atoms with van der Waals surface area (Å²) in [5, 5.41) is 5.62. The van der Waals surface area contributed by atoms with Gasteiger partial charge in [0.15, 0.2) is 5.78 Å². The van der Waals surface area contributed by atoms with Gasteiger partial charge in [-0.1, -0.05) is 70.5 Å². The van der Waals surface area contributed by atoms with Crippen LogP contribution in [0.15, 0.2) is 77.4 Å². The number of Topliss-reactive ketones (excluding diaryl/α,β-unsaturated/α-hetero) is 2. The van der Waals surface area contributed by atoms with Crippen LogP contribution in [-0.2, 0) is 11.3 Å². The fraction of sp³-hybridized carbons (Fsp3) is 0.323. The lowest BCUT2D eigenvalue weighted by atomic mass is 9.47. The van der Waals surface area contributed by atoms with Gasteiger partial charge in [0.2, 0.25) is 0 Å². The Balaban J connectivity index is 1.19. The lowest BCUT2D eigenvalue weighted by molar-refractivity contribution is -0.136. The molecule has 6 rings (SSSR count). The van der Waals surface area contributed by atoms with Gasteiger partial charge in [-0.25, -0.2) is 0 Å². The van der Waals surface area contributed by atoms with Crippen molar-refractivity contribution in [3.8, 4) is 11.1 Å². The molecule has 1 spiro atoms. The van der Waals surface area contributed by atoms with Crippen molar-refractivity contribution in [3.05, 3.63) is 88.5 Å². The number of nitrogens with zero attached hydrogens (tertiary/aromatic N) is 2. The average Bonchev–Trinajstić information content (AvgIpc) is 3.22. The first-order valence-electron chi connectivity index (χ1n) is 12.7. The minimum absolute atomic E-state index is 0.185. The fourth-order valence-electron chi connectivity index (χ4n) is 6.42. The summed E-state index contributed by atoms with van der Waals surface area (Å²) in [6.45, 7) is 2.32. The Bertz CT molecular complexity index is 1440. The molecule has 4 nitrogen and oxygen atoms in total. The number of fused-ring (bicyclic) bond motifs is 1. The van der Waals surface area contributed by atoms with Crippen LogP contribution in [-0.4, -0.2) is 21.3 Å². The van der Waals surface area contributed by atoms with Crippen LogP contribution in [0.2, 0.25) is 0 Å². The van der Waals surface area contributed by atoms with E-state index in [1.807, 2.05) is 41.2 Å². The maximum absolute atomic E-state index is 13.5. The van der Waals surface area contributed by atoms with E-state index in [2.05, 4.69) is 57.4 Å². The van der Waals surface area contributed by atoms with Crippen LogP contribution in [0.25, 0.3) is 22.0 Å². The van der Waals surface area contributed by atoms with Crippen molar-refractivity contribution < 1.29 is 9.59 Å². The highest BCUT2D eigenvalue weighted by atomic mass is 79.9. The van der Waals surface area contributed by atoms with Crippen molar-refractivity contribution >= 4 is 38.4 Å². The number of hydrogen-bond donors (Lipinski definition) is 0. The predicted molar refractivity (Wildman–Crippen MR) is 146 cm³/mol. The quantitative estimate of drug-likeness (QED) is 0.228. The van der Waals surface area contributed by atoms with Gasteiger partial charge in [-0.15, -0.1) is 0 Å². The average molecular weight is 541 g/mol. The molecule has 182 valence electrons. The predicted octanol–water partition coefficient (Wildman–Crippen LogP) is 7.48. The van der Waals surface area contributed by atoms with Crippen LogP contribution in [0.1, 0.15) is 54.9 Å². The molecule has 0 N–H and O–H groups in total. The van der Waals surface area contributed by atoms with E-state index in [4.69, 9.17) is 0 Å². The number of benzene rings is 3. The van der Waals surface area contributed by atoms with Gasteiger partial charge in [0.25, 0.3) is 0 Å². The Hall–Kier alpha value is -3.05. The summed E-state index contributed by atoms with van der Waals surface area (Å²) in [6.07, 6.45) is 6.60. The number of ketones is 2. The molecule has 2 fully saturated rings. The van der Waals surface area contributed by atoms with Gasteiger partial charge in [0.1, 0.15) is 5.78 Å². The smallest absolute Gasteiger partial charge is 0.165 e. The van der Waals surface area contributed by atoms with Crippen molar-refractivity contribution in [3.63, 3.8) is 0 Å². The zero-order chi connectivity index (χ0) is 24.9. The van der Waals surface area contributed by atoms with Crippen molar-refractivity contribution in [1.82, 2.24) is 9.78 Å². The highest BCUT2D eigenvalue weighted by molar-refractivity contribution is 9.10. The van der Waals surface area contributed by atoms with Gasteiger partial charge in [0, 0.05) is 27.8 Å². The molecule has 0 atom stereocenters. The summed E-state index contributed by atoms with van der Waals surface area (Å²) in [5.41, 5.74) is 5.51. The normalized spacial score (nSPS) is 22.8. The molecule has 1 aromatic heterocycles. The van der Waals surface area contributed by atoms with Gasteiger partial charge < -0.3 is 0 Å². The Morgan fingerprint density at radius 1 is 0.972 bits per heavy atom. The molecule has 0 radical (unpaired) electrons. The van der Waals surface area contributed by atoms with Crippen molar-refractivity contribution in [2.24, 2.45) is 17.3 Å². The van der Waals surface area contributed by atoms with Crippen molar-refractivity contribution in [1.29, 1.82) is 0 Å². The van der Waals surface area contributed by atoms with Gasteiger partial charge >= 0.3 is 0 Å². The molecule has 0 saturated heterocycles. The van der Waals surface area contributed by atoms with Gasteiger partial charge in [0.05, 0.1) is 18.3 Å². The number of rotatable bonds is 7. The van der Waals surface area contributed by atoms with E-state index < -0.39 is 0 Å². The molecule has 2 aliphatic carbocycles. The van der Waals surface area contributed by atoms with Crippen LogP contribution < -0.4 is 0 Å². The van der Waals surface area contributed by atoms with Crippen molar-refractivity contribution in [2.45, 2.75) is 45.6 Å². The minimum atomic E-state index is 0.185. The van der Waals surface area contributed by atoms with E-state index in [0.717, 1.165) is 52.2 Å². The molecule has 2 saturated carbocycles. The van der Waals surface area contributed by atoms with Crippen LogP contribution >= 0.6 is 15.9 Å². The van der Waals surface area contributed by atoms with Crippen LogP contribution in [0.5, 0.6) is 0 Å². The standard InChI is InChI=1S/C31H29BrN2O2/c1-20(35)26-16-31(17-26)14-22(15-31)11-29(36)28-13-27(32)12-25-18-33-34(30(25)28)19-21-7-9-24(10-8-21)23-5-3-2-4-6-23/h2-10,12-13,18,22,26H,11,14-17,19H2,1H3. The molecule has 0 unspecified atom stereocenters. The number of hydrogen-bond acceptors (Lipinski definition) is 3. The summed E-state index contributed by atoms with van der Waals surface area (Å²) in [5.74, 6) is 1.17. The molecule has 3 aromatic carbocycles. The number of aromatic nitrogens is 2. The highest BCUT2D eigenvalue weighted by Gasteiger charge is 2.53. The van der Waals surface area contributed by atoms with Gasteiger partial charge in [-0.05, 0) is 72.8 Å². The van der Waals surface area contributed by atoms with E-state index in [0.29, 0.717) is 30.1 Å². The molecule has 0 amide bonds. The number of carbonyl (C=O) groups is 2. The van der Waals surface area contributed by atoms with E-state index >= 15 is 0 Å². The molecule has 0 bridgehead atoms. The molecule has 0 aliphatic heterocycles. The highest BCUT2D eigenvalue weighted by Crippen LogP contribution is 2.62. The summed E-state index contributed by atoms with van der Waals surface area (Å²) in [4.78, 5) is 25.1. The monoisotopic (exact) mass is 540 g/mol. The third-order valence-corrected chi connectivity index (χ3v) is 8.70. The lowest BCUT2D eigenvalue weighted by Gasteiger charge is -2.57. The number of carbonyl (C=O) groups excluding carboxylic acids is 2. The zero-order valence-corrected chi connectivity index (χ0v) is 22.0. The second-order valence-corrected chi connectivity index (χ2v) is 11.8. The Kier molecular flexibility index (Phi) is 5.91. The Morgan fingerprint density at radius 3 is 2.36 bits per heavy atom. The van der Waals surface area contributed by atoms with E-state index in [1.54, 1.807) is 6.92 Å². The van der Waals surface area contributed by atoms with Gasteiger partial charge in [-0.2, -0.15) is 5.10 Å². The molecule has 1 heterocycles. The van der Waals surface area contributed by atoms with Gasteiger partial charge in [-0.3, -0.25) is 14.3 Å². The molecular weight excluding hydrogens is 512 g/mol. The Labute approximate surface area is 219 Å². The SMILES string of the molecule is CC(=O)C1CC2(CC(CC(=O)c3cc(Br)cc4cnn(Cc5ccc(-c6ccccc6)cc5)c34)C2)C1. The molecule has 4 aromatic rings. The van der Waals surface area contributed by atoms with Crippen LogP contribution in [0.4, 0.5) is 0 Å². The summed E-state index contributed by atoms with van der Waals surface area (Å²) in [6, 6.07) is 22.9. The van der Waals surface area contributed by atoms with E-state index in [-0.39, 0.29) is 11.7 Å². The van der Waals surface area contributed by atoms with E-state index in [1.165, 1.54) is 11.1 Å². The topological polar surface area (TPSA) is 52.0 Å². The minimum Gasteiger partial charge on any atom is -0.300 e. The first kappa shape index (κ1) is 23.4. The third-order valence-electron chi connectivity index (χ3n) is 8.24.